The summed E-state index contributed by atoms with van der Waals surface area (Å²) in [5.74, 6) is 1.36. The summed E-state index contributed by atoms with van der Waals surface area (Å²) in [7, 11) is 0. The third kappa shape index (κ3) is 7.96. The summed E-state index contributed by atoms with van der Waals surface area (Å²) in [4.78, 5) is 9.52. The van der Waals surface area contributed by atoms with Crippen molar-refractivity contribution in [3.05, 3.63) is 144 Å². The minimum atomic E-state index is -1.72. The molecule has 0 fully saturated rings. The Morgan fingerprint density at radius 3 is 2.00 bits per heavy atom. The lowest BCUT2D eigenvalue weighted by atomic mass is 9.87. The molecule has 8 aromatic rings. The zero-order valence-electron chi connectivity index (χ0n) is 40.3. The Morgan fingerprint density at radius 1 is 0.632 bits per heavy atom. The lowest BCUT2D eigenvalue weighted by Gasteiger charge is -2.20. The molecule has 0 spiro atoms. The number of hydrogen-bond acceptors (Lipinski definition) is 3. The number of imidazole rings is 1. The first kappa shape index (κ1) is 31.3. The molecule has 0 radical (unpaired) electrons. The fourth-order valence-electron chi connectivity index (χ4n) is 7.46. The number of hydrogen-bond donors (Lipinski definition) is 0. The van der Waals surface area contributed by atoms with Gasteiger partial charge in [-0.2, -0.15) is 0 Å². The standard InChI is InChI=1S/C51H55N5O/c1-33(2)22-36-18-20-53-50(28-36)56-45-13-11-10-12-43(45)44-16-15-41(30-47(44)56)57-42-19-21-52-49(31-42)55-32-54(48-29-39(51(7,8)9)14-17-46(48)55)40-26-37(23-34(3)4)25-38(27-40)24-35(5)6/h10-21,25-31,33-35H,22-24H2,1-9H3/i22D2,23D2,24D2. The van der Waals surface area contributed by atoms with Crippen LogP contribution in [0.2, 0.25) is 0 Å². The molecule has 0 aliphatic heterocycles. The van der Waals surface area contributed by atoms with Crippen molar-refractivity contribution in [3.8, 4) is 28.8 Å². The van der Waals surface area contributed by atoms with Crippen molar-refractivity contribution < 1.29 is 17.5 Å². The minimum Gasteiger partial charge on any atom is -0.458 e. The Hall–Kier alpha value is -5.75. The first-order valence-electron chi connectivity index (χ1n) is 22.9. The van der Waals surface area contributed by atoms with Crippen molar-refractivity contribution in [2.24, 2.45) is 17.8 Å². The molecular weight excluding hydrogens is 699 g/mol. The van der Waals surface area contributed by atoms with E-state index in [0.717, 1.165) is 38.4 Å². The van der Waals surface area contributed by atoms with Gasteiger partial charge >= 0.3 is 0 Å². The Balaban J connectivity index is 1.25. The second-order valence-electron chi connectivity index (χ2n) is 16.8. The maximum absolute atomic E-state index is 9.07. The maximum atomic E-state index is 9.07. The van der Waals surface area contributed by atoms with Crippen LogP contribution in [0.5, 0.6) is 11.5 Å². The number of fused-ring (bicyclic) bond motifs is 4. The fourth-order valence-corrected chi connectivity index (χ4v) is 7.46. The predicted molar refractivity (Wildman–Crippen MR) is 234 cm³/mol. The largest absolute Gasteiger partial charge is 0.458 e. The van der Waals surface area contributed by atoms with E-state index in [0.29, 0.717) is 45.5 Å². The van der Waals surface area contributed by atoms with E-state index in [2.05, 4.69) is 49.9 Å². The first-order chi connectivity index (χ1) is 29.6. The van der Waals surface area contributed by atoms with Crippen LogP contribution in [0, 0.1) is 24.1 Å². The van der Waals surface area contributed by atoms with Gasteiger partial charge in [-0.1, -0.05) is 110 Å². The van der Waals surface area contributed by atoms with Gasteiger partial charge < -0.3 is 4.74 Å². The van der Waals surface area contributed by atoms with E-state index >= 15 is 0 Å². The minimum absolute atomic E-state index is 0.176. The lowest BCUT2D eigenvalue weighted by molar-refractivity contribution is -0.572. The Morgan fingerprint density at radius 2 is 1.28 bits per heavy atom. The average Bonchev–Trinajstić information content (AvgIpc) is 3.79. The van der Waals surface area contributed by atoms with Crippen molar-refractivity contribution in [3.63, 3.8) is 0 Å². The van der Waals surface area contributed by atoms with Crippen LogP contribution in [0.4, 0.5) is 0 Å². The molecule has 4 aromatic heterocycles. The molecule has 0 bridgehead atoms. The number of para-hydroxylation sites is 1. The molecule has 0 atom stereocenters. The van der Waals surface area contributed by atoms with Crippen LogP contribution >= 0.6 is 0 Å². The van der Waals surface area contributed by atoms with Gasteiger partial charge in [0.25, 0.3) is 6.33 Å². The molecule has 0 unspecified atom stereocenters. The highest BCUT2D eigenvalue weighted by Gasteiger charge is 2.21. The quantitative estimate of drug-likeness (QED) is 0.0974. The van der Waals surface area contributed by atoms with Gasteiger partial charge in [-0.25, -0.2) is 4.98 Å². The number of ether oxygens (including phenoxy) is 1. The van der Waals surface area contributed by atoms with Gasteiger partial charge in [0.1, 0.15) is 17.3 Å². The number of pyridine rings is 2. The molecule has 57 heavy (non-hydrogen) atoms. The second kappa shape index (κ2) is 15.3. The van der Waals surface area contributed by atoms with Crippen molar-refractivity contribution in [1.82, 2.24) is 19.1 Å². The van der Waals surface area contributed by atoms with E-state index in [1.807, 2.05) is 117 Å². The van der Waals surface area contributed by atoms with Crippen LogP contribution in [0.15, 0.2) is 116 Å². The van der Waals surface area contributed by atoms with E-state index < -0.39 is 19.1 Å². The molecule has 6 heteroatoms. The molecule has 0 N–H and O–H groups in total. The molecule has 0 aliphatic rings. The predicted octanol–water partition coefficient (Wildman–Crippen LogP) is 12.3. The van der Waals surface area contributed by atoms with Crippen LogP contribution in [-0.2, 0) is 24.5 Å². The smallest absolute Gasteiger partial charge is 0.271 e. The average molecular weight is 760 g/mol. The van der Waals surface area contributed by atoms with Crippen LogP contribution in [-0.4, -0.2) is 19.1 Å². The number of nitrogens with zero attached hydrogens (tertiary/aromatic N) is 5. The first-order valence-corrected chi connectivity index (χ1v) is 19.9. The summed E-state index contributed by atoms with van der Waals surface area (Å²) in [5.41, 5.74) is 6.34. The number of benzene rings is 4. The van der Waals surface area contributed by atoms with Crippen molar-refractivity contribution in [2.75, 3.05) is 0 Å². The van der Waals surface area contributed by atoms with E-state index in [1.54, 1.807) is 30.6 Å². The highest BCUT2D eigenvalue weighted by atomic mass is 16.5. The Bertz CT molecular complexity index is 2970. The van der Waals surface area contributed by atoms with E-state index in [-0.39, 0.29) is 23.2 Å². The summed E-state index contributed by atoms with van der Waals surface area (Å²) in [6.45, 7) is 17.6. The van der Waals surface area contributed by atoms with Crippen LogP contribution in [0.3, 0.4) is 0 Å². The molecule has 4 heterocycles. The normalized spacial score (nSPS) is 14.6. The summed E-state index contributed by atoms with van der Waals surface area (Å²) in [5, 5.41) is 2.05. The molecule has 290 valence electrons. The second-order valence-corrected chi connectivity index (χ2v) is 16.8. The summed E-state index contributed by atoms with van der Waals surface area (Å²) in [6.07, 6.45) is 1.91. The molecule has 0 aliphatic carbocycles. The highest BCUT2D eigenvalue weighted by Crippen LogP contribution is 2.36. The van der Waals surface area contributed by atoms with Gasteiger partial charge in [-0.3, -0.25) is 18.7 Å². The van der Waals surface area contributed by atoms with Crippen molar-refractivity contribution in [2.45, 2.75) is 86.8 Å². The molecule has 4 aromatic carbocycles. The van der Waals surface area contributed by atoms with Gasteiger partial charge in [0.2, 0.25) is 0 Å². The third-order valence-corrected chi connectivity index (χ3v) is 9.87. The topological polar surface area (TPSA) is 48.8 Å². The van der Waals surface area contributed by atoms with E-state index in [4.69, 9.17) is 22.9 Å². The molecule has 0 saturated carbocycles. The fraction of sp³-hybridized carbons (Fsp3) is 0.314. The van der Waals surface area contributed by atoms with Gasteiger partial charge in [0.15, 0.2) is 5.82 Å². The molecular formula is C51H55N5O. The zero-order chi connectivity index (χ0) is 45.4. The summed E-state index contributed by atoms with van der Waals surface area (Å²) >= 11 is 0. The molecule has 0 amide bonds. The highest BCUT2D eigenvalue weighted by molar-refractivity contribution is 6.09. The zero-order valence-corrected chi connectivity index (χ0v) is 34.3. The summed E-state index contributed by atoms with van der Waals surface area (Å²) in [6, 6.07) is 32.9. The molecule has 0 saturated heterocycles. The van der Waals surface area contributed by atoms with Crippen LogP contribution in [0.1, 0.15) is 92.8 Å². The number of rotatable bonds is 11. The van der Waals surface area contributed by atoms with Crippen LogP contribution < -0.4 is 9.30 Å². The van der Waals surface area contributed by atoms with Crippen molar-refractivity contribution >= 4 is 32.8 Å². The Kier molecular flexibility index (Phi) is 8.42. The van der Waals surface area contributed by atoms with Gasteiger partial charge in [0, 0.05) is 43.5 Å². The summed E-state index contributed by atoms with van der Waals surface area (Å²) < 4.78 is 66.3. The van der Waals surface area contributed by atoms with Gasteiger partial charge in [-0.15, -0.1) is 0 Å². The number of aromatic nitrogens is 5. The SMILES string of the molecule is [2H]C([2H])(c1cc(-[n+]2[c-]n(-c3cc(Oc4ccc5c6ccccc6n(-c6cc(C([2H])([2H])C(C)C)ccn6)c5c4)ccn3)c3ccc(C(C)(C)C)cc32)cc(C([2H])([2H])C(C)C)c1)C(C)C. The van der Waals surface area contributed by atoms with Gasteiger partial charge in [-0.05, 0) is 108 Å². The van der Waals surface area contributed by atoms with E-state index in [9.17, 15) is 0 Å². The van der Waals surface area contributed by atoms with Gasteiger partial charge in [0.05, 0.1) is 27.8 Å². The molecule has 6 nitrogen and oxygen atoms in total. The van der Waals surface area contributed by atoms with E-state index in [1.165, 1.54) is 0 Å². The molecule has 8 rings (SSSR count). The van der Waals surface area contributed by atoms with Crippen molar-refractivity contribution in [1.29, 1.82) is 0 Å². The lowest BCUT2D eigenvalue weighted by Crippen LogP contribution is -2.30. The monoisotopic (exact) mass is 759 g/mol. The maximum Gasteiger partial charge on any atom is 0.271 e. The van der Waals surface area contributed by atoms with Crippen LogP contribution in [0.25, 0.3) is 50.2 Å². The third-order valence-electron chi connectivity index (χ3n) is 9.87. The Labute approximate surface area is 346 Å².